The van der Waals surface area contributed by atoms with Crippen LogP contribution in [0.15, 0.2) is 18.2 Å². The fourth-order valence-corrected chi connectivity index (χ4v) is 1.65. The van der Waals surface area contributed by atoms with Gasteiger partial charge in [-0.1, -0.05) is 11.6 Å². The Morgan fingerprint density at radius 1 is 1.53 bits per heavy atom. The number of halogens is 2. The van der Waals surface area contributed by atoms with Crippen LogP contribution in [-0.2, 0) is 4.74 Å². The number of benzene rings is 1. The fraction of sp³-hybridized carbons (Fsp3) is 0.417. The molecule has 1 atom stereocenters. The molecule has 0 aliphatic heterocycles. The average Bonchev–Trinajstić information content (AvgIpc) is 2.27. The van der Waals surface area contributed by atoms with E-state index in [1.165, 1.54) is 13.2 Å². The second kappa shape index (κ2) is 7.93. The molecule has 0 fully saturated rings. The van der Waals surface area contributed by atoms with Crippen molar-refractivity contribution in [3.8, 4) is 0 Å². The zero-order valence-electron chi connectivity index (χ0n) is 10.5. The summed E-state index contributed by atoms with van der Waals surface area (Å²) in [4.78, 5) is 11.5. The Morgan fingerprint density at radius 2 is 2.26 bits per heavy atom. The van der Waals surface area contributed by atoms with Gasteiger partial charge in [-0.25, -0.2) is 9.18 Å². The molecule has 0 aliphatic rings. The maximum atomic E-state index is 13.0. The van der Waals surface area contributed by atoms with Gasteiger partial charge in [-0.2, -0.15) is 0 Å². The second-order valence-electron chi connectivity index (χ2n) is 3.94. The molecule has 0 aliphatic carbocycles. The molecule has 106 valence electrons. The summed E-state index contributed by atoms with van der Waals surface area (Å²) in [5.41, 5.74) is 0.264. The first-order valence-electron chi connectivity index (χ1n) is 5.69. The summed E-state index contributed by atoms with van der Waals surface area (Å²) in [6.45, 7) is 0.488. The first-order chi connectivity index (χ1) is 9.01. The highest BCUT2D eigenvalue weighted by molar-refractivity contribution is 6.30. The molecule has 7 heteroatoms. The largest absolute Gasteiger partial charge is 0.391 e. The highest BCUT2D eigenvalue weighted by atomic mass is 35.5. The molecule has 1 unspecified atom stereocenters. The maximum absolute atomic E-state index is 13.0. The van der Waals surface area contributed by atoms with E-state index in [1.54, 1.807) is 0 Å². The Balaban J connectivity index is 2.35. The molecule has 3 N–H and O–H groups in total. The molecule has 0 radical (unpaired) electrons. The number of methoxy groups -OCH3 is 1. The summed E-state index contributed by atoms with van der Waals surface area (Å²) in [5.74, 6) is -0.529. The highest BCUT2D eigenvalue weighted by Gasteiger charge is 2.06. The van der Waals surface area contributed by atoms with E-state index in [4.69, 9.17) is 16.3 Å². The van der Waals surface area contributed by atoms with Gasteiger partial charge in [0.05, 0.1) is 12.7 Å². The van der Waals surface area contributed by atoms with Gasteiger partial charge in [-0.05, 0) is 24.6 Å². The SMILES string of the molecule is COCC(O)CCNC(=O)Nc1cc(F)cc(Cl)c1. The van der Waals surface area contributed by atoms with E-state index in [0.717, 1.165) is 12.1 Å². The third kappa shape index (κ3) is 6.37. The van der Waals surface area contributed by atoms with Crippen LogP contribution in [0.1, 0.15) is 6.42 Å². The number of rotatable bonds is 6. The molecular weight excluding hydrogens is 275 g/mol. The van der Waals surface area contributed by atoms with Crippen molar-refractivity contribution < 1.29 is 19.0 Å². The summed E-state index contributed by atoms with van der Waals surface area (Å²) in [6, 6.07) is 3.24. The van der Waals surface area contributed by atoms with Crippen LogP contribution in [-0.4, -0.2) is 37.5 Å². The molecule has 2 amide bonds. The van der Waals surface area contributed by atoms with Crippen molar-refractivity contribution in [1.29, 1.82) is 0 Å². The van der Waals surface area contributed by atoms with E-state index in [2.05, 4.69) is 10.6 Å². The van der Waals surface area contributed by atoms with Crippen LogP contribution in [0, 0.1) is 5.82 Å². The number of urea groups is 1. The quantitative estimate of drug-likeness (QED) is 0.750. The number of aliphatic hydroxyl groups is 1. The summed E-state index contributed by atoms with van der Waals surface area (Å²) in [6.07, 6.45) is -0.264. The third-order valence-corrected chi connectivity index (χ3v) is 2.46. The highest BCUT2D eigenvalue weighted by Crippen LogP contribution is 2.17. The topological polar surface area (TPSA) is 70.6 Å². The lowest BCUT2D eigenvalue weighted by Gasteiger charge is -2.11. The van der Waals surface area contributed by atoms with Gasteiger partial charge in [-0.3, -0.25) is 0 Å². The number of carbonyl (C=O) groups is 1. The third-order valence-electron chi connectivity index (χ3n) is 2.24. The zero-order chi connectivity index (χ0) is 14.3. The Kier molecular flexibility index (Phi) is 6.55. The average molecular weight is 291 g/mol. The van der Waals surface area contributed by atoms with Gasteiger partial charge in [0.15, 0.2) is 0 Å². The molecule has 1 aromatic carbocycles. The lowest BCUT2D eigenvalue weighted by Crippen LogP contribution is -2.32. The number of amides is 2. The van der Waals surface area contributed by atoms with Gasteiger partial charge in [0.1, 0.15) is 5.82 Å². The van der Waals surface area contributed by atoms with Crippen molar-refractivity contribution in [2.45, 2.75) is 12.5 Å². The molecule has 0 saturated carbocycles. The van der Waals surface area contributed by atoms with E-state index in [9.17, 15) is 14.3 Å². The molecule has 1 aromatic rings. The van der Waals surface area contributed by atoms with Crippen LogP contribution in [0.3, 0.4) is 0 Å². The molecule has 0 bridgehead atoms. The number of carbonyl (C=O) groups excluding carboxylic acids is 1. The molecule has 0 spiro atoms. The molecule has 19 heavy (non-hydrogen) atoms. The van der Waals surface area contributed by atoms with Crippen molar-refractivity contribution in [3.63, 3.8) is 0 Å². The zero-order valence-corrected chi connectivity index (χ0v) is 11.2. The van der Waals surface area contributed by atoms with Gasteiger partial charge in [0.2, 0.25) is 0 Å². The van der Waals surface area contributed by atoms with Crippen LogP contribution in [0.2, 0.25) is 5.02 Å². The summed E-state index contributed by atoms with van der Waals surface area (Å²) in [5, 5.41) is 14.5. The Labute approximate surface area is 115 Å². The minimum absolute atomic E-state index is 0.200. The minimum atomic E-state index is -0.631. The van der Waals surface area contributed by atoms with Crippen LogP contribution in [0.4, 0.5) is 14.9 Å². The first kappa shape index (κ1) is 15.7. The summed E-state index contributed by atoms with van der Waals surface area (Å²) < 4.78 is 17.8. The first-order valence-corrected chi connectivity index (χ1v) is 6.07. The van der Waals surface area contributed by atoms with Crippen molar-refractivity contribution in [3.05, 3.63) is 29.0 Å². The van der Waals surface area contributed by atoms with Crippen molar-refractivity contribution in [2.24, 2.45) is 0 Å². The predicted molar refractivity (Wildman–Crippen MR) is 70.9 cm³/mol. The van der Waals surface area contributed by atoms with Crippen LogP contribution >= 0.6 is 11.6 Å². The summed E-state index contributed by atoms with van der Waals surface area (Å²) in [7, 11) is 1.48. The number of ether oxygens (including phenoxy) is 1. The lowest BCUT2D eigenvalue weighted by molar-refractivity contribution is 0.0599. The van der Waals surface area contributed by atoms with Crippen molar-refractivity contribution in [1.82, 2.24) is 5.32 Å². The summed E-state index contributed by atoms with van der Waals surface area (Å²) >= 11 is 5.66. The Hall–Kier alpha value is -1.37. The Bertz CT molecular complexity index is 411. The van der Waals surface area contributed by atoms with E-state index in [0.29, 0.717) is 6.42 Å². The van der Waals surface area contributed by atoms with E-state index >= 15 is 0 Å². The van der Waals surface area contributed by atoms with Gasteiger partial charge in [0.25, 0.3) is 0 Å². The van der Waals surface area contributed by atoms with E-state index in [-0.39, 0.29) is 23.9 Å². The second-order valence-corrected chi connectivity index (χ2v) is 4.37. The van der Waals surface area contributed by atoms with E-state index < -0.39 is 18.0 Å². The monoisotopic (exact) mass is 290 g/mol. The smallest absolute Gasteiger partial charge is 0.319 e. The molecular formula is C12H16ClFN2O3. The fourth-order valence-electron chi connectivity index (χ4n) is 1.43. The predicted octanol–water partition coefficient (Wildman–Crippen LogP) is 2.00. The molecule has 1 rings (SSSR count). The number of hydrogen-bond acceptors (Lipinski definition) is 3. The maximum Gasteiger partial charge on any atom is 0.319 e. The number of hydrogen-bond donors (Lipinski definition) is 3. The molecule has 5 nitrogen and oxygen atoms in total. The van der Waals surface area contributed by atoms with Crippen molar-refractivity contribution >= 4 is 23.3 Å². The van der Waals surface area contributed by atoms with Gasteiger partial charge in [0, 0.05) is 24.4 Å². The van der Waals surface area contributed by atoms with Crippen LogP contribution in [0.5, 0.6) is 0 Å². The van der Waals surface area contributed by atoms with Crippen LogP contribution in [0.25, 0.3) is 0 Å². The normalized spacial score (nSPS) is 12.0. The van der Waals surface area contributed by atoms with Gasteiger partial charge in [-0.15, -0.1) is 0 Å². The van der Waals surface area contributed by atoms with Gasteiger partial charge >= 0.3 is 6.03 Å². The number of nitrogens with one attached hydrogen (secondary N) is 2. The molecule has 0 aromatic heterocycles. The van der Waals surface area contributed by atoms with Crippen LogP contribution < -0.4 is 10.6 Å². The lowest BCUT2D eigenvalue weighted by atomic mass is 10.3. The van der Waals surface area contributed by atoms with Gasteiger partial charge < -0.3 is 20.5 Å². The minimum Gasteiger partial charge on any atom is -0.391 e. The standard InChI is InChI=1S/C12H16ClFN2O3/c1-19-7-11(17)2-3-15-12(18)16-10-5-8(13)4-9(14)6-10/h4-6,11,17H,2-3,7H2,1H3,(H2,15,16,18). The number of anilines is 1. The van der Waals surface area contributed by atoms with E-state index in [1.807, 2.05) is 0 Å². The molecule has 0 saturated heterocycles. The number of aliphatic hydroxyl groups excluding tert-OH is 1. The Morgan fingerprint density at radius 3 is 2.89 bits per heavy atom. The molecule has 0 heterocycles. The van der Waals surface area contributed by atoms with Crippen molar-refractivity contribution in [2.75, 3.05) is 25.6 Å².